The summed E-state index contributed by atoms with van der Waals surface area (Å²) in [4.78, 5) is 10.7. The molecule has 2 nitrogen and oxygen atoms in total. The molecule has 0 aliphatic carbocycles. The molecule has 0 saturated carbocycles. The Bertz CT molecular complexity index is 292. The molecule has 0 fully saturated rings. The van der Waals surface area contributed by atoms with Crippen LogP contribution in [-0.4, -0.2) is 16.9 Å². The summed E-state index contributed by atoms with van der Waals surface area (Å²) in [6, 6.07) is 10.2. The lowest BCUT2D eigenvalue weighted by molar-refractivity contribution is -0.109. The lowest BCUT2D eigenvalue weighted by Crippen LogP contribution is -2.26. The van der Waals surface area contributed by atoms with Crippen LogP contribution < -0.4 is 5.73 Å². The van der Waals surface area contributed by atoms with Gasteiger partial charge in [-0.25, -0.2) is 0 Å². The van der Waals surface area contributed by atoms with Gasteiger partial charge in [-0.2, -0.15) is 0 Å². The Kier molecular flexibility index (Phi) is 7.48. The molecule has 4 heteroatoms. The largest absolute Gasteiger partial charge is 0.327 e. The standard InChI is InChI=1S/C11H15NOS.ClH/c1-9(13)14-8-11(12)7-10-5-3-2-4-6-10;/h2-6,11H,7-8,12H2,1H3;1H. The monoisotopic (exact) mass is 245 g/mol. The zero-order valence-corrected chi connectivity index (χ0v) is 10.3. The summed E-state index contributed by atoms with van der Waals surface area (Å²) in [5.41, 5.74) is 7.11. The van der Waals surface area contributed by atoms with Gasteiger partial charge in [0.05, 0.1) is 0 Å². The van der Waals surface area contributed by atoms with E-state index in [1.165, 1.54) is 17.3 Å². The van der Waals surface area contributed by atoms with Gasteiger partial charge in [-0.1, -0.05) is 42.1 Å². The number of halogens is 1. The van der Waals surface area contributed by atoms with Crippen LogP contribution >= 0.6 is 24.2 Å². The summed E-state index contributed by atoms with van der Waals surface area (Å²) < 4.78 is 0. The predicted octanol–water partition coefficient (Wildman–Crippen LogP) is 2.26. The molecule has 0 heterocycles. The molecule has 15 heavy (non-hydrogen) atoms. The van der Waals surface area contributed by atoms with Crippen molar-refractivity contribution >= 4 is 29.3 Å². The second-order valence-corrected chi connectivity index (χ2v) is 4.45. The highest BCUT2D eigenvalue weighted by molar-refractivity contribution is 8.13. The highest BCUT2D eigenvalue weighted by Crippen LogP contribution is 2.07. The highest BCUT2D eigenvalue weighted by atomic mass is 35.5. The minimum Gasteiger partial charge on any atom is -0.327 e. The number of thioether (sulfide) groups is 1. The van der Waals surface area contributed by atoms with Crippen LogP contribution in [-0.2, 0) is 11.2 Å². The first kappa shape index (κ1) is 14.5. The van der Waals surface area contributed by atoms with Gasteiger partial charge in [0.15, 0.2) is 5.12 Å². The van der Waals surface area contributed by atoms with Crippen molar-refractivity contribution in [1.29, 1.82) is 0 Å². The quantitative estimate of drug-likeness (QED) is 0.885. The average Bonchev–Trinajstić information content (AvgIpc) is 2.16. The Morgan fingerprint density at radius 1 is 1.40 bits per heavy atom. The van der Waals surface area contributed by atoms with E-state index >= 15 is 0 Å². The van der Waals surface area contributed by atoms with Crippen LogP contribution in [0.1, 0.15) is 12.5 Å². The first-order valence-electron chi connectivity index (χ1n) is 4.61. The summed E-state index contributed by atoms with van der Waals surface area (Å²) in [7, 11) is 0. The lowest BCUT2D eigenvalue weighted by atomic mass is 10.1. The molecule has 0 radical (unpaired) electrons. The Morgan fingerprint density at radius 2 is 2.00 bits per heavy atom. The molecule has 1 atom stereocenters. The van der Waals surface area contributed by atoms with Gasteiger partial charge >= 0.3 is 0 Å². The third kappa shape index (κ3) is 6.55. The SMILES string of the molecule is CC(=O)SCC(N)Cc1ccccc1.Cl. The zero-order valence-electron chi connectivity index (χ0n) is 8.68. The van der Waals surface area contributed by atoms with Crippen molar-refractivity contribution in [2.45, 2.75) is 19.4 Å². The van der Waals surface area contributed by atoms with Gasteiger partial charge in [0.2, 0.25) is 0 Å². The van der Waals surface area contributed by atoms with E-state index in [4.69, 9.17) is 5.73 Å². The number of hydrogen-bond acceptors (Lipinski definition) is 3. The van der Waals surface area contributed by atoms with Gasteiger partial charge in [-0.15, -0.1) is 12.4 Å². The smallest absolute Gasteiger partial charge is 0.185 e. The van der Waals surface area contributed by atoms with E-state index in [-0.39, 0.29) is 23.6 Å². The normalized spacial score (nSPS) is 11.6. The fourth-order valence-electron chi connectivity index (χ4n) is 1.20. The third-order valence-corrected chi connectivity index (χ3v) is 2.84. The molecule has 0 bridgehead atoms. The van der Waals surface area contributed by atoms with Gasteiger partial charge in [0.25, 0.3) is 0 Å². The number of rotatable bonds is 4. The average molecular weight is 246 g/mol. The van der Waals surface area contributed by atoms with E-state index in [2.05, 4.69) is 12.1 Å². The van der Waals surface area contributed by atoms with Crippen LogP contribution in [0.15, 0.2) is 30.3 Å². The van der Waals surface area contributed by atoms with E-state index in [1.54, 1.807) is 6.92 Å². The Balaban J connectivity index is 0.00000196. The number of carbonyl (C=O) groups is 1. The molecule has 0 aliphatic rings. The Hall–Kier alpha value is -0.510. The van der Waals surface area contributed by atoms with Crippen molar-refractivity contribution in [3.05, 3.63) is 35.9 Å². The number of carbonyl (C=O) groups excluding carboxylic acids is 1. The molecule has 1 rings (SSSR count). The molecule has 0 amide bonds. The van der Waals surface area contributed by atoms with Crippen molar-refractivity contribution in [2.24, 2.45) is 5.73 Å². The molecule has 1 aromatic carbocycles. The Morgan fingerprint density at radius 3 is 2.53 bits per heavy atom. The fraction of sp³-hybridized carbons (Fsp3) is 0.364. The van der Waals surface area contributed by atoms with Crippen LogP contribution in [0.5, 0.6) is 0 Å². The summed E-state index contributed by atoms with van der Waals surface area (Å²) in [6.07, 6.45) is 0.834. The van der Waals surface area contributed by atoms with E-state index < -0.39 is 0 Å². The van der Waals surface area contributed by atoms with Gasteiger partial charge in [-0.05, 0) is 12.0 Å². The Labute approximate surface area is 101 Å². The third-order valence-electron chi connectivity index (χ3n) is 1.84. The van der Waals surface area contributed by atoms with Crippen molar-refractivity contribution in [2.75, 3.05) is 5.75 Å². The van der Waals surface area contributed by atoms with Crippen LogP contribution in [0.25, 0.3) is 0 Å². The van der Waals surface area contributed by atoms with E-state index in [1.807, 2.05) is 18.2 Å². The zero-order chi connectivity index (χ0) is 10.4. The van der Waals surface area contributed by atoms with Gasteiger partial charge < -0.3 is 5.73 Å². The van der Waals surface area contributed by atoms with Crippen molar-refractivity contribution in [1.82, 2.24) is 0 Å². The molecule has 1 aromatic rings. The van der Waals surface area contributed by atoms with Gasteiger partial charge in [0, 0.05) is 18.7 Å². The summed E-state index contributed by atoms with van der Waals surface area (Å²) >= 11 is 1.29. The number of hydrogen-bond donors (Lipinski definition) is 1. The van der Waals surface area contributed by atoms with Crippen LogP contribution in [0, 0.1) is 0 Å². The first-order chi connectivity index (χ1) is 6.68. The first-order valence-corrected chi connectivity index (χ1v) is 5.60. The lowest BCUT2D eigenvalue weighted by Gasteiger charge is -2.09. The topological polar surface area (TPSA) is 43.1 Å². The summed E-state index contributed by atoms with van der Waals surface area (Å²) in [5, 5.41) is 0.133. The van der Waals surface area contributed by atoms with E-state index in [0.29, 0.717) is 5.75 Å². The van der Waals surface area contributed by atoms with Crippen LogP contribution in [0.3, 0.4) is 0 Å². The van der Waals surface area contributed by atoms with Crippen LogP contribution in [0.4, 0.5) is 0 Å². The maximum Gasteiger partial charge on any atom is 0.185 e. The highest BCUT2D eigenvalue weighted by Gasteiger charge is 2.05. The second-order valence-electron chi connectivity index (χ2n) is 3.25. The molecule has 0 aliphatic heterocycles. The molecule has 1 unspecified atom stereocenters. The summed E-state index contributed by atoms with van der Waals surface area (Å²) in [5.74, 6) is 0.699. The molecule has 0 spiro atoms. The molecule has 84 valence electrons. The summed E-state index contributed by atoms with van der Waals surface area (Å²) in [6.45, 7) is 1.57. The molecular formula is C11H16ClNOS. The van der Waals surface area contributed by atoms with Crippen molar-refractivity contribution in [3.63, 3.8) is 0 Å². The number of nitrogens with two attached hydrogens (primary N) is 1. The van der Waals surface area contributed by atoms with Crippen molar-refractivity contribution < 1.29 is 4.79 Å². The molecule has 0 aromatic heterocycles. The second kappa shape index (κ2) is 7.74. The minimum atomic E-state index is 0. The molecule has 2 N–H and O–H groups in total. The maximum atomic E-state index is 10.7. The van der Waals surface area contributed by atoms with Gasteiger partial charge in [-0.3, -0.25) is 4.79 Å². The van der Waals surface area contributed by atoms with E-state index in [9.17, 15) is 4.79 Å². The molecule has 0 saturated heterocycles. The van der Waals surface area contributed by atoms with Gasteiger partial charge in [0.1, 0.15) is 0 Å². The van der Waals surface area contributed by atoms with E-state index in [0.717, 1.165) is 6.42 Å². The predicted molar refractivity (Wildman–Crippen MR) is 68.5 cm³/mol. The maximum absolute atomic E-state index is 10.7. The van der Waals surface area contributed by atoms with Crippen molar-refractivity contribution in [3.8, 4) is 0 Å². The minimum absolute atomic E-state index is 0. The number of benzene rings is 1. The van der Waals surface area contributed by atoms with Crippen LogP contribution in [0.2, 0.25) is 0 Å². The fourth-order valence-corrected chi connectivity index (χ4v) is 1.77. The molecular weight excluding hydrogens is 230 g/mol.